The number of piperidine rings is 1. The first-order valence-corrected chi connectivity index (χ1v) is 12.5. The first-order chi connectivity index (χ1) is 18.3. The van der Waals surface area contributed by atoms with Gasteiger partial charge in [0, 0.05) is 50.6 Å². The van der Waals surface area contributed by atoms with Crippen LogP contribution in [0, 0.1) is 21.4 Å². The van der Waals surface area contributed by atoms with Crippen molar-refractivity contribution in [1.29, 1.82) is 0 Å². The number of ether oxygens (including phenoxy) is 1. The van der Waals surface area contributed by atoms with Crippen molar-refractivity contribution in [1.82, 2.24) is 15.8 Å². The van der Waals surface area contributed by atoms with Gasteiger partial charge in [-0.05, 0) is 43.1 Å². The number of rotatable bonds is 10. The zero-order valence-electron chi connectivity index (χ0n) is 22.0. The van der Waals surface area contributed by atoms with Crippen molar-refractivity contribution in [2.24, 2.45) is 11.3 Å². The highest BCUT2D eigenvalue weighted by atomic mass is 19.4. The number of halogens is 3. The predicted octanol–water partition coefficient (Wildman–Crippen LogP) is 4.91. The van der Waals surface area contributed by atoms with Crippen LogP contribution in [-0.2, 0) is 17.5 Å². The van der Waals surface area contributed by atoms with Crippen LogP contribution in [-0.4, -0.2) is 48.8 Å². The number of nitro groups is 1. The highest BCUT2D eigenvalue weighted by molar-refractivity contribution is 5.91. The summed E-state index contributed by atoms with van der Waals surface area (Å²) in [5, 5.41) is 19.7. The molecular weight excluding hydrogens is 523 g/mol. The molecule has 2 heterocycles. The number of amides is 2. The van der Waals surface area contributed by atoms with Gasteiger partial charge in [0.05, 0.1) is 10.5 Å². The van der Waals surface area contributed by atoms with Crippen molar-refractivity contribution < 1.29 is 36.9 Å². The van der Waals surface area contributed by atoms with E-state index in [9.17, 15) is 32.9 Å². The minimum Gasteiger partial charge on any atom is -0.441 e. The number of alkyl halides is 3. The maximum atomic E-state index is 13.7. The molecule has 1 aliphatic rings. The average Bonchev–Trinajstić information content (AvgIpc) is 3.35. The third-order valence-corrected chi connectivity index (χ3v) is 6.79. The van der Waals surface area contributed by atoms with Crippen LogP contribution in [0.1, 0.15) is 61.3 Å². The minimum atomic E-state index is -4.73. The molecule has 2 N–H and O–H groups in total. The molecule has 39 heavy (non-hydrogen) atoms. The SMILES string of the molecule is CNC(=O)c1cc(COC(=O)NCCC2(CC(C)C)CCN(c3ccc([N+](=O)[O-])cc3C(F)(F)F)CC2)on1. The van der Waals surface area contributed by atoms with Gasteiger partial charge >= 0.3 is 12.3 Å². The summed E-state index contributed by atoms with van der Waals surface area (Å²) in [5.74, 6) is 0.102. The van der Waals surface area contributed by atoms with Crippen molar-refractivity contribution in [3.63, 3.8) is 0 Å². The molecule has 0 aliphatic carbocycles. The number of nitro benzene ring substituents is 1. The molecule has 1 aromatic heterocycles. The predicted molar refractivity (Wildman–Crippen MR) is 134 cm³/mol. The molecule has 0 bridgehead atoms. The quantitative estimate of drug-likeness (QED) is 0.311. The van der Waals surface area contributed by atoms with Crippen LogP contribution in [0.4, 0.5) is 29.3 Å². The Balaban J connectivity index is 1.58. The van der Waals surface area contributed by atoms with E-state index < -0.39 is 34.4 Å². The monoisotopic (exact) mass is 555 g/mol. The third kappa shape index (κ3) is 7.83. The zero-order chi connectivity index (χ0) is 28.8. The van der Waals surface area contributed by atoms with Crippen molar-refractivity contribution in [3.8, 4) is 0 Å². The molecule has 3 rings (SSSR count). The number of hydrogen-bond donors (Lipinski definition) is 2. The zero-order valence-corrected chi connectivity index (χ0v) is 22.0. The van der Waals surface area contributed by atoms with E-state index in [1.807, 2.05) is 0 Å². The largest absolute Gasteiger partial charge is 0.441 e. The van der Waals surface area contributed by atoms with Crippen LogP contribution in [0.15, 0.2) is 28.8 Å². The molecule has 214 valence electrons. The highest BCUT2D eigenvalue weighted by Crippen LogP contribution is 2.44. The first kappa shape index (κ1) is 29.7. The summed E-state index contributed by atoms with van der Waals surface area (Å²) in [6, 6.07) is 4.21. The van der Waals surface area contributed by atoms with E-state index in [0.717, 1.165) is 12.5 Å². The highest BCUT2D eigenvalue weighted by Gasteiger charge is 2.40. The molecule has 0 atom stereocenters. The lowest BCUT2D eigenvalue weighted by atomic mass is 9.70. The summed E-state index contributed by atoms with van der Waals surface area (Å²) < 4.78 is 51.2. The Morgan fingerprint density at radius 3 is 2.54 bits per heavy atom. The molecule has 1 fully saturated rings. The molecule has 2 aromatic rings. The maximum Gasteiger partial charge on any atom is 0.418 e. The van der Waals surface area contributed by atoms with Crippen LogP contribution in [0.3, 0.4) is 0 Å². The van der Waals surface area contributed by atoms with Gasteiger partial charge < -0.3 is 24.8 Å². The van der Waals surface area contributed by atoms with Gasteiger partial charge in [-0.25, -0.2) is 4.79 Å². The molecule has 1 aromatic carbocycles. The van der Waals surface area contributed by atoms with E-state index in [2.05, 4.69) is 29.6 Å². The molecule has 11 nitrogen and oxygen atoms in total. The summed E-state index contributed by atoms with van der Waals surface area (Å²) in [5.41, 5.74) is -1.84. The van der Waals surface area contributed by atoms with E-state index >= 15 is 0 Å². The Labute approximate surface area is 223 Å². The summed E-state index contributed by atoms with van der Waals surface area (Å²) in [4.78, 5) is 35.5. The number of aromatic nitrogens is 1. The Kier molecular flexibility index (Phi) is 9.41. The molecule has 14 heteroatoms. The first-order valence-electron chi connectivity index (χ1n) is 12.5. The number of carbonyl (C=O) groups is 2. The number of carbonyl (C=O) groups excluding carboxylic acids is 2. The van der Waals surface area contributed by atoms with Gasteiger partial charge in [-0.15, -0.1) is 0 Å². The van der Waals surface area contributed by atoms with Gasteiger partial charge in [-0.3, -0.25) is 14.9 Å². The topological polar surface area (TPSA) is 140 Å². The average molecular weight is 556 g/mol. The van der Waals surface area contributed by atoms with Crippen LogP contribution in [0.25, 0.3) is 0 Å². The van der Waals surface area contributed by atoms with Crippen molar-refractivity contribution in [2.75, 3.05) is 31.6 Å². The van der Waals surface area contributed by atoms with Gasteiger partial charge in [0.25, 0.3) is 11.6 Å². The minimum absolute atomic E-state index is 0.0644. The maximum absolute atomic E-state index is 13.7. The van der Waals surface area contributed by atoms with E-state index in [1.165, 1.54) is 19.2 Å². The van der Waals surface area contributed by atoms with Crippen molar-refractivity contribution >= 4 is 23.4 Å². The van der Waals surface area contributed by atoms with Crippen LogP contribution < -0.4 is 15.5 Å². The lowest BCUT2D eigenvalue weighted by molar-refractivity contribution is -0.385. The Bertz CT molecular complexity index is 1180. The van der Waals surface area contributed by atoms with E-state index in [4.69, 9.17) is 9.26 Å². The van der Waals surface area contributed by atoms with Gasteiger partial charge in [0.1, 0.15) is 0 Å². The number of nitrogens with zero attached hydrogens (tertiary/aromatic N) is 3. The van der Waals surface area contributed by atoms with E-state index in [1.54, 1.807) is 4.90 Å². The second-order valence-corrected chi connectivity index (χ2v) is 10.1. The molecule has 0 unspecified atom stereocenters. The standard InChI is InChI=1S/C25H32F3N5O6/c1-16(2)14-24(6-9-30-23(35)38-15-18-13-20(31-39-18)22(34)29-3)7-10-32(11-8-24)21-5-4-17(33(36)37)12-19(21)25(26,27)28/h4-5,12-13,16H,6-11,14-15H2,1-3H3,(H,29,34)(H,30,35). The van der Waals surface area contributed by atoms with Crippen LogP contribution in [0.5, 0.6) is 0 Å². The number of nitrogens with one attached hydrogen (secondary N) is 2. The van der Waals surface area contributed by atoms with E-state index in [0.29, 0.717) is 50.9 Å². The van der Waals surface area contributed by atoms with Crippen molar-refractivity contribution in [3.05, 3.63) is 51.4 Å². The number of alkyl carbamates (subject to hydrolysis) is 1. The van der Waals surface area contributed by atoms with Crippen molar-refractivity contribution in [2.45, 2.75) is 52.3 Å². The summed E-state index contributed by atoms with van der Waals surface area (Å²) in [6.45, 7) is 4.92. The molecule has 0 radical (unpaired) electrons. The fourth-order valence-corrected chi connectivity index (χ4v) is 5.02. The summed E-state index contributed by atoms with van der Waals surface area (Å²) in [7, 11) is 1.45. The summed E-state index contributed by atoms with van der Waals surface area (Å²) >= 11 is 0. The van der Waals surface area contributed by atoms with Crippen LogP contribution in [0.2, 0.25) is 0 Å². The smallest absolute Gasteiger partial charge is 0.418 e. The summed E-state index contributed by atoms with van der Waals surface area (Å²) in [6.07, 6.45) is -2.79. The van der Waals surface area contributed by atoms with Gasteiger partial charge in [0.15, 0.2) is 18.1 Å². The Morgan fingerprint density at radius 1 is 1.26 bits per heavy atom. The number of benzene rings is 1. The number of hydrogen-bond acceptors (Lipinski definition) is 8. The second kappa shape index (κ2) is 12.3. The lowest BCUT2D eigenvalue weighted by Crippen LogP contribution is -2.43. The molecule has 0 spiro atoms. The molecule has 0 saturated carbocycles. The number of anilines is 1. The fraction of sp³-hybridized carbons (Fsp3) is 0.560. The Hall–Kier alpha value is -3.84. The fourth-order valence-electron chi connectivity index (χ4n) is 5.02. The van der Waals surface area contributed by atoms with Crippen LogP contribution >= 0.6 is 0 Å². The van der Waals surface area contributed by atoms with E-state index in [-0.39, 0.29) is 29.2 Å². The molecule has 1 saturated heterocycles. The number of non-ortho nitro benzene ring substituents is 1. The third-order valence-electron chi connectivity index (χ3n) is 6.79. The van der Waals surface area contributed by atoms with Gasteiger partial charge in [-0.2, -0.15) is 13.2 Å². The molecular formula is C25H32F3N5O6. The lowest BCUT2D eigenvalue weighted by Gasteiger charge is -2.44. The second-order valence-electron chi connectivity index (χ2n) is 10.1. The van der Waals surface area contributed by atoms with Gasteiger partial charge in [-0.1, -0.05) is 19.0 Å². The molecule has 1 aliphatic heterocycles. The normalized spacial score (nSPS) is 15.2. The van der Waals surface area contributed by atoms with Gasteiger partial charge in [0.2, 0.25) is 0 Å². The Morgan fingerprint density at radius 2 is 1.95 bits per heavy atom. The molecule has 2 amide bonds.